The second-order valence-corrected chi connectivity index (χ2v) is 4.78. The predicted octanol–water partition coefficient (Wildman–Crippen LogP) is 4.65. The van der Waals surface area contributed by atoms with Crippen LogP contribution in [-0.4, -0.2) is 13.1 Å². The van der Waals surface area contributed by atoms with Crippen LogP contribution in [-0.2, 0) is 0 Å². The molecule has 0 aliphatic carbocycles. The van der Waals surface area contributed by atoms with Gasteiger partial charge in [-0.25, -0.2) is 4.79 Å². The quantitative estimate of drug-likeness (QED) is 0.867. The maximum Gasteiger partial charge on any atom is 0.323 e. The van der Waals surface area contributed by atoms with Crippen LogP contribution >= 0.6 is 23.2 Å². The van der Waals surface area contributed by atoms with Gasteiger partial charge in [0.15, 0.2) is 0 Å². The summed E-state index contributed by atoms with van der Waals surface area (Å²) in [7, 11) is 1.58. The Kier molecular flexibility index (Phi) is 4.71. The average molecular weight is 311 g/mol. The highest BCUT2D eigenvalue weighted by Gasteiger charge is 2.06. The smallest absolute Gasteiger partial charge is 0.323 e. The molecule has 0 unspecified atom stereocenters. The first-order valence-electron chi connectivity index (χ1n) is 5.75. The zero-order chi connectivity index (χ0) is 14.5. The molecule has 0 aromatic heterocycles. The van der Waals surface area contributed by atoms with Gasteiger partial charge in [0.25, 0.3) is 0 Å². The highest BCUT2D eigenvalue weighted by Crippen LogP contribution is 2.25. The van der Waals surface area contributed by atoms with Gasteiger partial charge in [-0.3, -0.25) is 0 Å². The average Bonchev–Trinajstić information content (AvgIpc) is 2.43. The molecule has 2 N–H and O–H groups in total. The van der Waals surface area contributed by atoms with Crippen molar-refractivity contribution < 1.29 is 9.53 Å². The molecule has 0 saturated carbocycles. The monoisotopic (exact) mass is 310 g/mol. The van der Waals surface area contributed by atoms with E-state index < -0.39 is 6.03 Å². The highest BCUT2D eigenvalue weighted by atomic mass is 35.5. The van der Waals surface area contributed by atoms with Crippen LogP contribution in [0.1, 0.15) is 0 Å². The van der Waals surface area contributed by atoms with Gasteiger partial charge in [0.05, 0.1) is 17.8 Å². The van der Waals surface area contributed by atoms with Crippen molar-refractivity contribution in [3.8, 4) is 5.75 Å². The van der Waals surface area contributed by atoms with Crippen LogP contribution in [0, 0.1) is 0 Å². The van der Waals surface area contributed by atoms with E-state index in [1.807, 2.05) is 0 Å². The molecule has 2 rings (SSSR count). The van der Waals surface area contributed by atoms with Crippen molar-refractivity contribution in [2.45, 2.75) is 0 Å². The molecule has 0 aliphatic heterocycles. The van der Waals surface area contributed by atoms with Crippen LogP contribution in [0.25, 0.3) is 0 Å². The molecule has 20 heavy (non-hydrogen) atoms. The minimum absolute atomic E-state index is 0.403. The Labute approximate surface area is 126 Å². The summed E-state index contributed by atoms with van der Waals surface area (Å²) in [5.74, 6) is 0.717. The zero-order valence-electron chi connectivity index (χ0n) is 10.6. The van der Waals surface area contributed by atoms with E-state index >= 15 is 0 Å². The van der Waals surface area contributed by atoms with Crippen molar-refractivity contribution in [2.24, 2.45) is 0 Å². The third-order valence-corrected chi connectivity index (χ3v) is 3.09. The number of hydrogen-bond donors (Lipinski definition) is 2. The molecule has 0 aliphatic rings. The molecule has 4 nitrogen and oxygen atoms in total. The van der Waals surface area contributed by atoms with Crippen molar-refractivity contribution in [2.75, 3.05) is 17.7 Å². The Balaban J connectivity index is 2.03. The maximum absolute atomic E-state index is 11.8. The zero-order valence-corrected chi connectivity index (χ0v) is 12.1. The number of halogens is 2. The Morgan fingerprint density at radius 3 is 2.40 bits per heavy atom. The fourth-order valence-corrected chi connectivity index (χ4v) is 1.89. The lowest BCUT2D eigenvalue weighted by atomic mass is 10.3. The molecule has 6 heteroatoms. The van der Waals surface area contributed by atoms with E-state index in [1.165, 1.54) is 0 Å². The third-order valence-electron chi connectivity index (χ3n) is 2.52. The Morgan fingerprint density at radius 1 is 1.05 bits per heavy atom. The van der Waals surface area contributed by atoms with Gasteiger partial charge in [0, 0.05) is 10.7 Å². The standard InChI is InChI=1S/C14H12Cl2N2O2/c1-20-11-5-3-10(4-6-11)17-14(19)18-13-8-9(15)2-7-12(13)16/h2-8H,1H3,(H2,17,18,19). The maximum atomic E-state index is 11.8. The Bertz CT molecular complexity index is 615. The van der Waals surface area contributed by atoms with Crippen molar-refractivity contribution in [1.82, 2.24) is 0 Å². The van der Waals surface area contributed by atoms with Gasteiger partial charge >= 0.3 is 6.03 Å². The fraction of sp³-hybridized carbons (Fsp3) is 0.0714. The van der Waals surface area contributed by atoms with E-state index in [0.29, 0.717) is 27.2 Å². The largest absolute Gasteiger partial charge is 0.497 e. The van der Waals surface area contributed by atoms with E-state index in [1.54, 1.807) is 49.6 Å². The summed E-state index contributed by atoms with van der Waals surface area (Å²) in [5.41, 5.74) is 1.09. The van der Waals surface area contributed by atoms with Crippen LogP contribution < -0.4 is 15.4 Å². The Hall–Kier alpha value is -1.91. The normalized spacial score (nSPS) is 9.95. The third kappa shape index (κ3) is 3.79. The van der Waals surface area contributed by atoms with Crippen molar-refractivity contribution >= 4 is 40.6 Å². The fourth-order valence-electron chi connectivity index (χ4n) is 1.55. The minimum atomic E-state index is -0.403. The number of anilines is 2. The van der Waals surface area contributed by atoms with Crippen LogP contribution in [0.4, 0.5) is 16.2 Å². The van der Waals surface area contributed by atoms with Crippen molar-refractivity contribution in [1.29, 1.82) is 0 Å². The molecular formula is C14H12Cl2N2O2. The number of amides is 2. The second-order valence-electron chi connectivity index (χ2n) is 3.93. The molecule has 0 saturated heterocycles. The van der Waals surface area contributed by atoms with Crippen LogP contribution in [0.5, 0.6) is 5.75 Å². The van der Waals surface area contributed by atoms with Gasteiger partial charge in [-0.2, -0.15) is 0 Å². The van der Waals surface area contributed by atoms with Crippen molar-refractivity contribution in [3.63, 3.8) is 0 Å². The molecule has 0 spiro atoms. The van der Waals surface area contributed by atoms with E-state index in [-0.39, 0.29) is 0 Å². The number of ether oxygens (including phenoxy) is 1. The van der Waals surface area contributed by atoms with Gasteiger partial charge in [-0.1, -0.05) is 23.2 Å². The van der Waals surface area contributed by atoms with E-state index in [2.05, 4.69) is 10.6 Å². The number of carbonyl (C=O) groups is 1. The lowest BCUT2D eigenvalue weighted by Crippen LogP contribution is -2.19. The first-order chi connectivity index (χ1) is 9.58. The van der Waals surface area contributed by atoms with Crippen LogP contribution in [0.15, 0.2) is 42.5 Å². The number of urea groups is 1. The summed E-state index contributed by atoms with van der Waals surface area (Å²) < 4.78 is 5.04. The predicted molar refractivity (Wildman–Crippen MR) is 82.1 cm³/mol. The van der Waals surface area contributed by atoms with Gasteiger partial charge in [0.1, 0.15) is 5.75 Å². The summed E-state index contributed by atoms with van der Waals surface area (Å²) in [6.45, 7) is 0. The number of nitrogens with one attached hydrogen (secondary N) is 2. The lowest BCUT2D eigenvalue weighted by Gasteiger charge is -2.09. The molecule has 0 atom stereocenters. The summed E-state index contributed by atoms with van der Waals surface area (Å²) in [6, 6.07) is 11.4. The topological polar surface area (TPSA) is 50.4 Å². The molecule has 2 aromatic rings. The molecule has 0 fully saturated rings. The van der Waals surface area contributed by atoms with Crippen LogP contribution in [0.3, 0.4) is 0 Å². The van der Waals surface area contributed by atoms with Gasteiger partial charge in [-0.05, 0) is 42.5 Å². The van der Waals surface area contributed by atoms with E-state index in [0.717, 1.165) is 0 Å². The number of hydrogen-bond acceptors (Lipinski definition) is 2. The highest BCUT2D eigenvalue weighted by molar-refractivity contribution is 6.35. The summed E-state index contributed by atoms with van der Waals surface area (Å²) in [6.07, 6.45) is 0. The summed E-state index contributed by atoms with van der Waals surface area (Å²) in [4.78, 5) is 11.8. The van der Waals surface area contributed by atoms with Crippen molar-refractivity contribution in [3.05, 3.63) is 52.5 Å². The number of methoxy groups -OCH3 is 1. The first kappa shape index (κ1) is 14.5. The van der Waals surface area contributed by atoms with Gasteiger partial charge in [0.2, 0.25) is 0 Å². The first-order valence-corrected chi connectivity index (χ1v) is 6.51. The SMILES string of the molecule is COc1ccc(NC(=O)Nc2cc(Cl)ccc2Cl)cc1. The number of rotatable bonds is 3. The number of carbonyl (C=O) groups excluding carboxylic acids is 1. The van der Waals surface area contributed by atoms with E-state index in [4.69, 9.17) is 27.9 Å². The molecular weight excluding hydrogens is 299 g/mol. The summed E-state index contributed by atoms with van der Waals surface area (Å²) >= 11 is 11.8. The molecule has 0 radical (unpaired) electrons. The molecule has 0 heterocycles. The molecule has 104 valence electrons. The number of benzene rings is 2. The van der Waals surface area contributed by atoms with Gasteiger partial charge < -0.3 is 15.4 Å². The summed E-state index contributed by atoms with van der Waals surface area (Å²) in [5, 5.41) is 6.22. The lowest BCUT2D eigenvalue weighted by molar-refractivity contribution is 0.262. The second kappa shape index (κ2) is 6.50. The van der Waals surface area contributed by atoms with E-state index in [9.17, 15) is 4.79 Å². The van der Waals surface area contributed by atoms with Crippen LogP contribution in [0.2, 0.25) is 10.0 Å². The molecule has 2 aromatic carbocycles. The molecule has 0 bridgehead atoms. The Morgan fingerprint density at radius 2 is 1.75 bits per heavy atom. The molecule has 2 amide bonds. The van der Waals surface area contributed by atoms with Gasteiger partial charge in [-0.15, -0.1) is 0 Å². The minimum Gasteiger partial charge on any atom is -0.497 e.